The van der Waals surface area contributed by atoms with Crippen LogP contribution in [0.3, 0.4) is 0 Å². The van der Waals surface area contributed by atoms with E-state index in [-0.39, 0.29) is 29.0 Å². The number of aromatic hydroxyl groups is 1. The quantitative estimate of drug-likeness (QED) is 0.344. The number of phenolic OH excluding ortho intramolecular Hbond substituents is 1. The van der Waals surface area contributed by atoms with Gasteiger partial charge in [0.25, 0.3) is 0 Å². The average Bonchev–Trinajstić information content (AvgIpc) is 2.56. The molecular weight excluding hydrogens is 375 g/mol. The second-order valence-corrected chi connectivity index (χ2v) is 9.58. The van der Waals surface area contributed by atoms with Crippen molar-refractivity contribution in [2.45, 2.75) is 79.1 Å². The van der Waals surface area contributed by atoms with Crippen LogP contribution in [0.15, 0.2) is 24.3 Å². The highest BCUT2D eigenvalue weighted by atomic mass is 31.1. The number of phenols is 1. The molecule has 0 saturated carbocycles. The number of carbonyl (C=O) groups excluding carboxylic acids is 1. The first-order valence-corrected chi connectivity index (χ1v) is 11.0. The number of hydrogen-bond acceptors (Lipinski definition) is 4. The van der Waals surface area contributed by atoms with Crippen LogP contribution >= 0.6 is 8.25 Å². The first-order valence-electron chi connectivity index (χ1n) is 9.70. The van der Waals surface area contributed by atoms with Crippen LogP contribution in [0.25, 0.3) is 0 Å². The third-order valence-electron chi connectivity index (χ3n) is 4.08. The summed E-state index contributed by atoms with van der Waals surface area (Å²) in [5, 5.41) is 10.6. The van der Waals surface area contributed by atoms with Gasteiger partial charge in [-0.05, 0) is 29.0 Å². The minimum absolute atomic E-state index is 0.101. The average molecular weight is 413 g/mol. The van der Waals surface area contributed by atoms with Crippen LogP contribution in [-0.4, -0.2) is 22.4 Å². The molecule has 160 valence electrons. The van der Waals surface area contributed by atoms with Gasteiger partial charge in [0.05, 0.1) is 6.61 Å². The van der Waals surface area contributed by atoms with E-state index in [4.69, 9.17) is 4.89 Å². The predicted octanol–water partition coefficient (Wildman–Crippen LogP) is 5.93. The minimum atomic E-state index is -3.00. The molecule has 0 aromatic heterocycles. The van der Waals surface area contributed by atoms with Crippen LogP contribution < -0.4 is 0 Å². The number of allylic oxidation sites excluding steroid dienone is 1. The zero-order chi connectivity index (χ0) is 22.1. The highest BCUT2D eigenvalue weighted by molar-refractivity contribution is 7.32. The minimum Gasteiger partial charge on any atom is -0.507 e. The Morgan fingerprint density at radius 3 is 1.79 bits per heavy atom. The molecule has 0 fully saturated rings. The lowest BCUT2D eigenvalue weighted by Crippen LogP contribution is -2.18. The van der Waals surface area contributed by atoms with Crippen molar-refractivity contribution >= 4 is 14.0 Å². The van der Waals surface area contributed by atoms with Gasteiger partial charge < -0.3 is 14.5 Å². The number of unbranched alkanes of at least 4 members (excludes halogenated alkanes) is 1. The lowest BCUT2D eigenvalue weighted by Gasteiger charge is -2.27. The maximum atomic E-state index is 12.4. The Hall–Kier alpha value is -1.42. The second kappa shape index (κ2) is 11.5. The lowest BCUT2D eigenvalue weighted by molar-refractivity contribution is 0.104. The van der Waals surface area contributed by atoms with Crippen molar-refractivity contribution in [2.75, 3.05) is 6.61 Å². The Morgan fingerprint density at radius 2 is 1.46 bits per heavy atom. The van der Waals surface area contributed by atoms with Gasteiger partial charge in [0, 0.05) is 16.7 Å². The normalized spacial score (nSPS) is 13.2. The molecule has 0 bridgehead atoms. The van der Waals surface area contributed by atoms with Gasteiger partial charge in [0.15, 0.2) is 5.78 Å². The van der Waals surface area contributed by atoms with Crippen molar-refractivity contribution in [3.8, 4) is 5.75 Å². The number of ketones is 1. The van der Waals surface area contributed by atoms with Gasteiger partial charge in [-0.1, -0.05) is 74.3 Å². The molecule has 1 atom stereocenters. The van der Waals surface area contributed by atoms with Gasteiger partial charge in [0.1, 0.15) is 5.75 Å². The summed E-state index contributed by atoms with van der Waals surface area (Å²) in [6, 6.07) is 3.40. The molecule has 1 aromatic carbocycles. The molecule has 6 heteroatoms. The summed E-state index contributed by atoms with van der Waals surface area (Å²) >= 11 is 0. The predicted molar refractivity (Wildman–Crippen MR) is 117 cm³/mol. The molecule has 0 aliphatic carbocycles. The maximum absolute atomic E-state index is 12.4. The number of rotatable bonds is 6. The molecule has 0 radical (unpaired) electrons. The summed E-state index contributed by atoms with van der Waals surface area (Å²) in [6.45, 7) is 16.1. The van der Waals surface area contributed by atoms with E-state index in [0.717, 1.165) is 0 Å². The van der Waals surface area contributed by atoms with E-state index in [0.29, 0.717) is 16.7 Å². The van der Waals surface area contributed by atoms with E-state index in [1.54, 1.807) is 12.1 Å². The molecule has 0 spiro atoms. The van der Waals surface area contributed by atoms with Crippen LogP contribution in [0.5, 0.6) is 5.75 Å². The fraction of sp³-hybridized carbons (Fsp3) is 0.591. The highest BCUT2D eigenvalue weighted by Gasteiger charge is 2.27. The molecule has 1 unspecified atom stereocenters. The Labute approximate surface area is 170 Å². The van der Waals surface area contributed by atoms with Gasteiger partial charge in [0.2, 0.25) is 0 Å². The molecule has 28 heavy (non-hydrogen) atoms. The van der Waals surface area contributed by atoms with E-state index in [9.17, 15) is 14.5 Å². The van der Waals surface area contributed by atoms with Crippen LogP contribution in [-0.2, 0) is 19.9 Å². The van der Waals surface area contributed by atoms with Crippen LogP contribution in [0.1, 0.15) is 89.7 Å². The molecule has 0 heterocycles. The third-order valence-corrected chi connectivity index (χ3v) is 4.50. The summed E-state index contributed by atoms with van der Waals surface area (Å²) in [5.74, 6) is -0.0232. The number of hydrogen-bond donors (Lipinski definition) is 2. The molecule has 0 amide bonds. The van der Waals surface area contributed by atoms with Gasteiger partial charge in [-0.15, -0.1) is 0 Å². The van der Waals surface area contributed by atoms with Gasteiger partial charge in [-0.25, -0.2) is 0 Å². The zero-order valence-electron chi connectivity index (χ0n) is 18.5. The van der Waals surface area contributed by atoms with Gasteiger partial charge in [-0.2, -0.15) is 0 Å². The molecular formula is C22H37O5P. The van der Waals surface area contributed by atoms with Crippen molar-refractivity contribution in [3.63, 3.8) is 0 Å². The largest absolute Gasteiger partial charge is 0.507 e. The summed E-state index contributed by atoms with van der Waals surface area (Å²) in [6.07, 6.45) is 5.36. The highest BCUT2D eigenvalue weighted by Crippen LogP contribution is 2.39. The fourth-order valence-corrected chi connectivity index (χ4v) is 2.53. The molecule has 0 saturated heterocycles. The smallest absolute Gasteiger partial charge is 0.316 e. The van der Waals surface area contributed by atoms with Crippen molar-refractivity contribution in [3.05, 3.63) is 41.0 Å². The Bertz CT molecular complexity index is 657. The topological polar surface area (TPSA) is 83.8 Å². The van der Waals surface area contributed by atoms with Gasteiger partial charge >= 0.3 is 8.25 Å². The fourth-order valence-electron chi connectivity index (χ4n) is 2.29. The Morgan fingerprint density at radius 1 is 1.04 bits per heavy atom. The SMILES string of the molecule is CC(C)(C)c1cc(C(=O)/C=C/CO[PH](=O)O)cc(C(C)(C)C)c1O.CCCC. The van der Waals surface area contributed by atoms with E-state index in [1.807, 2.05) is 41.5 Å². The summed E-state index contributed by atoms with van der Waals surface area (Å²) in [7, 11) is -3.00. The van der Waals surface area contributed by atoms with Crippen LogP contribution in [0.4, 0.5) is 0 Å². The monoisotopic (exact) mass is 412 g/mol. The second-order valence-electron chi connectivity index (χ2n) is 8.76. The van der Waals surface area contributed by atoms with E-state index in [2.05, 4.69) is 18.4 Å². The van der Waals surface area contributed by atoms with Crippen LogP contribution in [0.2, 0.25) is 0 Å². The lowest BCUT2D eigenvalue weighted by atomic mass is 9.78. The van der Waals surface area contributed by atoms with Crippen molar-refractivity contribution < 1.29 is 23.9 Å². The molecule has 0 aliphatic heterocycles. The van der Waals surface area contributed by atoms with Crippen molar-refractivity contribution in [1.82, 2.24) is 0 Å². The molecule has 5 nitrogen and oxygen atoms in total. The summed E-state index contributed by atoms with van der Waals surface area (Å²) in [4.78, 5) is 21.0. The van der Waals surface area contributed by atoms with E-state index < -0.39 is 8.25 Å². The first kappa shape index (κ1) is 26.6. The van der Waals surface area contributed by atoms with E-state index >= 15 is 0 Å². The standard InChI is InChI=1S/C18H27O5P.C4H10/c1-17(2,3)13-10-12(11-14(16(13)20)18(4,5)6)15(19)8-7-9-23-24(21)22;1-3-4-2/h7-8,10-11,20,24H,9H2,1-6H3,(H,21,22);3-4H2,1-2H3/b8-7+;. The number of carbonyl (C=O) groups is 1. The first-order chi connectivity index (χ1) is 12.8. The van der Waals surface area contributed by atoms with E-state index in [1.165, 1.54) is 25.0 Å². The molecule has 2 N–H and O–H groups in total. The third kappa shape index (κ3) is 9.18. The molecule has 1 rings (SSSR count). The zero-order valence-corrected chi connectivity index (χ0v) is 19.5. The Kier molecular flexibility index (Phi) is 11.0. The summed E-state index contributed by atoms with van der Waals surface area (Å²) < 4.78 is 15.0. The molecule has 1 aromatic rings. The van der Waals surface area contributed by atoms with Crippen molar-refractivity contribution in [1.29, 1.82) is 0 Å². The van der Waals surface area contributed by atoms with Gasteiger partial charge in [-0.3, -0.25) is 9.36 Å². The van der Waals surface area contributed by atoms with Crippen molar-refractivity contribution in [2.24, 2.45) is 0 Å². The number of benzene rings is 1. The Balaban J connectivity index is 0.00000165. The molecule has 0 aliphatic rings. The van der Waals surface area contributed by atoms with Crippen LogP contribution in [0, 0.1) is 0 Å². The summed E-state index contributed by atoms with van der Waals surface area (Å²) in [5.41, 5.74) is 1.26. The maximum Gasteiger partial charge on any atom is 0.316 e.